The molecule has 2 N–H and O–H groups in total. The van der Waals surface area contributed by atoms with Gasteiger partial charge in [-0.25, -0.2) is 4.79 Å². The number of hydrogen-bond donors (Lipinski definition) is 1. The van der Waals surface area contributed by atoms with Crippen molar-refractivity contribution >= 4 is 46.6 Å². The smallest absolute Gasteiger partial charge is 0.338 e. The third kappa shape index (κ3) is 4.14. The monoisotopic (exact) mass is 390 g/mol. The number of thioether (sulfide) groups is 1. The second-order valence-electron chi connectivity index (χ2n) is 6.04. The van der Waals surface area contributed by atoms with Crippen LogP contribution in [-0.4, -0.2) is 30.3 Å². The van der Waals surface area contributed by atoms with Gasteiger partial charge in [-0.2, -0.15) is 0 Å². The first-order chi connectivity index (χ1) is 12.5. The van der Waals surface area contributed by atoms with Crippen LogP contribution in [0.25, 0.3) is 0 Å². The van der Waals surface area contributed by atoms with Gasteiger partial charge in [0.2, 0.25) is 0 Å². The van der Waals surface area contributed by atoms with Crippen LogP contribution in [0.4, 0.5) is 11.4 Å². The van der Waals surface area contributed by atoms with Crippen molar-refractivity contribution in [2.75, 3.05) is 23.8 Å². The Balaban J connectivity index is 1.70. The van der Waals surface area contributed by atoms with E-state index in [-0.39, 0.29) is 18.1 Å². The molecule has 0 saturated heterocycles. The number of carbonyl (C=O) groups excluding carboxylic acids is 2. The summed E-state index contributed by atoms with van der Waals surface area (Å²) >= 11 is 7.60. The molecule has 26 heavy (non-hydrogen) atoms. The topological polar surface area (TPSA) is 72.6 Å². The SMILES string of the molecule is C[C@H]1CCN(C(=O)COC(=O)c2ccc(Cl)c(N)c2)c2ccccc2S1. The van der Waals surface area contributed by atoms with Crippen molar-refractivity contribution in [2.45, 2.75) is 23.5 Å². The number of nitrogens with two attached hydrogens (primary N) is 1. The number of nitrogens with zero attached hydrogens (tertiary/aromatic N) is 1. The fraction of sp³-hybridized carbons (Fsp3) is 0.263. The molecule has 1 atom stereocenters. The molecule has 0 radical (unpaired) electrons. The number of halogens is 1. The Kier molecular flexibility index (Phi) is 5.74. The quantitative estimate of drug-likeness (QED) is 0.633. The zero-order valence-corrected chi connectivity index (χ0v) is 15.8. The van der Waals surface area contributed by atoms with Crippen LogP contribution >= 0.6 is 23.4 Å². The minimum atomic E-state index is -0.604. The Hall–Kier alpha value is -2.18. The van der Waals surface area contributed by atoms with Crippen LogP contribution in [-0.2, 0) is 9.53 Å². The van der Waals surface area contributed by atoms with Crippen molar-refractivity contribution in [3.63, 3.8) is 0 Å². The maximum absolute atomic E-state index is 12.7. The molecular formula is C19H19ClN2O3S. The van der Waals surface area contributed by atoms with E-state index in [1.165, 1.54) is 18.2 Å². The Labute approximate surface area is 161 Å². The summed E-state index contributed by atoms with van der Waals surface area (Å²) in [7, 11) is 0. The van der Waals surface area contributed by atoms with Gasteiger partial charge < -0.3 is 15.4 Å². The van der Waals surface area contributed by atoms with Crippen molar-refractivity contribution in [1.82, 2.24) is 0 Å². The lowest BCUT2D eigenvalue weighted by atomic mass is 10.2. The molecule has 0 bridgehead atoms. The second-order valence-corrected chi connectivity index (χ2v) is 7.93. The lowest BCUT2D eigenvalue weighted by Gasteiger charge is -2.22. The van der Waals surface area contributed by atoms with E-state index in [4.69, 9.17) is 22.1 Å². The Morgan fingerprint density at radius 2 is 2.08 bits per heavy atom. The third-order valence-electron chi connectivity index (χ3n) is 4.10. The summed E-state index contributed by atoms with van der Waals surface area (Å²) in [5.74, 6) is -0.852. The number of nitrogen functional groups attached to an aromatic ring is 1. The van der Waals surface area contributed by atoms with E-state index in [0.717, 1.165) is 17.0 Å². The van der Waals surface area contributed by atoms with Crippen LogP contribution in [0.15, 0.2) is 47.4 Å². The van der Waals surface area contributed by atoms with Crippen molar-refractivity contribution in [1.29, 1.82) is 0 Å². The normalized spacial score (nSPS) is 16.5. The minimum absolute atomic E-state index is 0.248. The molecule has 136 valence electrons. The van der Waals surface area contributed by atoms with Crippen molar-refractivity contribution in [2.24, 2.45) is 0 Å². The summed E-state index contributed by atoms with van der Waals surface area (Å²) in [6.45, 7) is 2.41. The van der Waals surface area contributed by atoms with Gasteiger partial charge in [-0.1, -0.05) is 30.7 Å². The third-order valence-corrected chi connectivity index (χ3v) is 5.68. The number of esters is 1. The number of amides is 1. The first-order valence-corrected chi connectivity index (χ1v) is 9.49. The number of fused-ring (bicyclic) bond motifs is 1. The predicted molar refractivity (Wildman–Crippen MR) is 105 cm³/mol. The average molecular weight is 391 g/mol. The summed E-state index contributed by atoms with van der Waals surface area (Å²) < 4.78 is 5.19. The molecular weight excluding hydrogens is 372 g/mol. The maximum atomic E-state index is 12.7. The van der Waals surface area contributed by atoms with Gasteiger partial charge in [-0.3, -0.25) is 4.79 Å². The van der Waals surface area contributed by atoms with Gasteiger partial charge in [0.25, 0.3) is 5.91 Å². The summed E-state index contributed by atoms with van der Waals surface area (Å²) in [5.41, 5.74) is 7.11. The standard InChI is InChI=1S/C19H19ClN2O3S/c1-12-8-9-22(16-4-2-3-5-17(16)26-12)18(23)11-25-19(24)13-6-7-14(20)15(21)10-13/h2-7,10,12H,8-9,11,21H2,1H3/t12-/m0/s1. The largest absolute Gasteiger partial charge is 0.452 e. The molecule has 1 heterocycles. The number of anilines is 2. The van der Waals surface area contributed by atoms with Gasteiger partial charge in [0.05, 0.1) is 22.0 Å². The molecule has 1 aliphatic heterocycles. The van der Waals surface area contributed by atoms with Gasteiger partial charge in [0.15, 0.2) is 6.61 Å². The highest BCUT2D eigenvalue weighted by atomic mass is 35.5. The Morgan fingerprint density at radius 3 is 2.85 bits per heavy atom. The summed E-state index contributed by atoms with van der Waals surface area (Å²) in [6.07, 6.45) is 0.868. The van der Waals surface area contributed by atoms with Crippen LogP contribution < -0.4 is 10.6 Å². The molecule has 2 aromatic carbocycles. The predicted octanol–water partition coefficient (Wildman–Crippen LogP) is 4.00. The van der Waals surface area contributed by atoms with E-state index in [2.05, 4.69) is 6.92 Å². The van der Waals surface area contributed by atoms with Crippen LogP contribution in [0.1, 0.15) is 23.7 Å². The molecule has 1 amide bonds. The molecule has 0 fully saturated rings. The highest BCUT2D eigenvalue weighted by Gasteiger charge is 2.25. The summed E-state index contributed by atoms with van der Waals surface area (Å²) in [6, 6.07) is 12.3. The first kappa shape index (κ1) is 18.6. The number of carbonyl (C=O) groups is 2. The van der Waals surface area contributed by atoms with E-state index in [1.54, 1.807) is 16.7 Å². The van der Waals surface area contributed by atoms with Gasteiger partial charge in [0.1, 0.15) is 0 Å². The first-order valence-electron chi connectivity index (χ1n) is 8.24. The molecule has 7 heteroatoms. The molecule has 0 aliphatic carbocycles. The van der Waals surface area contributed by atoms with E-state index < -0.39 is 5.97 Å². The number of para-hydroxylation sites is 1. The van der Waals surface area contributed by atoms with E-state index in [0.29, 0.717) is 22.5 Å². The molecule has 3 rings (SSSR count). The maximum Gasteiger partial charge on any atom is 0.338 e. The molecule has 5 nitrogen and oxygen atoms in total. The van der Waals surface area contributed by atoms with Crippen LogP contribution in [0.3, 0.4) is 0 Å². The zero-order chi connectivity index (χ0) is 18.7. The van der Waals surface area contributed by atoms with Gasteiger partial charge >= 0.3 is 5.97 Å². The summed E-state index contributed by atoms with van der Waals surface area (Å²) in [4.78, 5) is 27.6. The fourth-order valence-corrected chi connectivity index (χ4v) is 3.94. The highest BCUT2D eigenvalue weighted by molar-refractivity contribution is 8.00. The second kappa shape index (κ2) is 8.01. The van der Waals surface area contributed by atoms with Gasteiger partial charge in [0, 0.05) is 16.7 Å². The number of benzene rings is 2. The van der Waals surface area contributed by atoms with E-state index in [9.17, 15) is 9.59 Å². The number of hydrogen-bond acceptors (Lipinski definition) is 5. The highest BCUT2D eigenvalue weighted by Crippen LogP contribution is 2.37. The average Bonchev–Trinajstić information content (AvgIpc) is 2.80. The molecule has 0 unspecified atom stereocenters. The van der Waals surface area contributed by atoms with Crippen molar-refractivity contribution in [3.05, 3.63) is 53.1 Å². The molecule has 0 aromatic heterocycles. The number of rotatable bonds is 3. The van der Waals surface area contributed by atoms with E-state index in [1.807, 2.05) is 24.3 Å². The van der Waals surface area contributed by atoms with Crippen LogP contribution in [0.2, 0.25) is 5.02 Å². The minimum Gasteiger partial charge on any atom is -0.452 e. The lowest BCUT2D eigenvalue weighted by Crippen LogP contribution is -2.35. The van der Waals surface area contributed by atoms with Crippen molar-refractivity contribution in [3.8, 4) is 0 Å². The van der Waals surface area contributed by atoms with Gasteiger partial charge in [-0.15, -0.1) is 11.8 Å². The Morgan fingerprint density at radius 1 is 1.31 bits per heavy atom. The molecule has 0 spiro atoms. The van der Waals surface area contributed by atoms with E-state index >= 15 is 0 Å². The van der Waals surface area contributed by atoms with Gasteiger partial charge in [-0.05, 0) is 36.8 Å². The molecule has 1 aliphatic rings. The fourth-order valence-electron chi connectivity index (χ4n) is 2.71. The zero-order valence-electron chi connectivity index (χ0n) is 14.3. The van der Waals surface area contributed by atoms with Crippen molar-refractivity contribution < 1.29 is 14.3 Å². The van der Waals surface area contributed by atoms with Crippen LogP contribution in [0, 0.1) is 0 Å². The molecule has 0 saturated carbocycles. The Bertz CT molecular complexity index is 843. The van der Waals surface area contributed by atoms with Crippen LogP contribution in [0.5, 0.6) is 0 Å². The number of ether oxygens (including phenoxy) is 1. The molecule has 2 aromatic rings. The lowest BCUT2D eigenvalue weighted by molar-refractivity contribution is -0.121. The summed E-state index contributed by atoms with van der Waals surface area (Å²) in [5, 5.41) is 0.777.